The Balaban J connectivity index is 1.99. The van der Waals surface area contributed by atoms with Gasteiger partial charge in [0.2, 0.25) is 0 Å². The Kier molecular flexibility index (Phi) is 5.79. The van der Waals surface area contributed by atoms with Crippen molar-refractivity contribution in [1.29, 1.82) is 0 Å². The fourth-order valence-corrected chi connectivity index (χ4v) is 2.45. The average Bonchev–Trinajstić information content (AvgIpc) is 2.51. The quantitative estimate of drug-likeness (QED) is 0.827. The van der Waals surface area contributed by atoms with E-state index >= 15 is 0 Å². The second-order valence-electron chi connectivity index (χ2n) is 5.39. The monoisotopic (exact) mass is 286 g/mol. The summed E-state index contributed by atoms with van der Waals surface area (Å²) in [7, 11) is 0. The van der Waals surface area contributed by atoms with Crippen LogP contribution in [0.3, 0.4) is 0 Å². The van der Waals surface area contributed by atoms with Gasteiger partial charge in [-0.25, -0.2) is 0 Å². The van der Waals surface area contributed by atoms with Crippen molar-refractivity contribution in [3.8, 4) is 11.8 Å². The molecule has 4 nitrogen and oxygen atoms in total. The molecule has 4 heteroatoms. The molecule has 21 heavy (non-hydrogen) atoms. The van der Waals surface area contributed by atoms with E-state index in [0.717, 1.165) is 37.2 Å². The van der Waals surface area contributed by atoms with Crippen LogP contribution in [0.2, 0.25) is 0 Å². The Morgan fingerprint density at radius 2 is 2.33 bits per heavy atom. The number of rotatable bonds is 3. The van der Waals surface area contributed by atoms with Crippen LogP contribution in [-0.4, -0.2) is 32.2 Å². The van der Waals surface area contributed by atoms with Gasteiger partial charge in [-0.05, 0) is 49.4 Å². The normalized spacial score (nSPS) is 17.7. The maximum Gasteiger partial charge on any atom is 0.251 e. The highest BCUT2D eigenvalue weighted by atomic mass is 16.5. The van der Waals surface area contributed by atoms with Crippen molar-refractivity contribution in [2.24, 2.45) is 11.7 Å². The fourth-order valence-electron chi connectivity index (χ4n) is 2.45. The van der Waals surface area contributed by atoms with Crippen LogP contribution in [0.25, 0.3) is 0 Å². The van der Waals surface area contributed by atoms with Crippen LogP contribution in [0.4, 0.5) is 0 Å². The summed E-state index contributed by atoms with van der Waals surface area (Å²) in [6.45, 7) is 4.51. The topological polar surface area (TPSA) is 64.4 Å². The molecule has 0 aliphatic carbocycles. The number of carbonyl (C=O) groups excluding carboxylic acids is 1. The molecule has 1 unspecified atom stereocenters. The smallest absolute Gasteiger partial charge is 0.251 e. The molecule has 1 saturated heterocycles. The van der Waals surface area contributed by atoms with E-state index in [-0.39, 0.29) is 5.91 Å². The summed E-state index contributed by atoms with van der Waals surface area (Å²) >= 11 is 0. The van der Waals surface area contributed by atoms with Crippen LogP contribution in [0.15, 0.2) is 18.2 Å². The van der Waals surface area contributed by atoms with Gasteiger partial charge < -0.3 is 15.8 Å². The van der Waals surface area contributed by atoms with Gasteiger partial charge in [-0.1, -0.05) is 11.8 Å². The average molecular weight is 286 g/mol. The molecule has 1 aliphatic heterocycles. The lowest BCUT2D eigenvalue weighted by atomic mass is 10.0. The molecule has 112 valence electrons. The van der Waals surface area contributed by atoms with Gasteiger partial charge >= 0.3 is 0 Å². The summed E-state index contributed by atoms with van der Waals surface area (Å²) in [5.41, 5.74) is 7.87. The fraction of sp³-hybridized carbons (Fsp3) is 0.471. The third kappa shape index (κ3) is 4.89. The van der Waals surface area contributed by atoms with E-state index in [2.05, 4.69) is 17.2 Å². The van der Waals surface area contributed by atoms with Gasteiger partial charge in [0.25, 0.3) is 5.91 Å². The first-order valence-corrected chi connectivity index (χ1v) is 7.35. The summed E-state index contributed by atoms with van der Waals surface area (Å²) < 4.78 is 5.42. The molecule has 0 spiro atoms. The van der Waals surface area contributed by atoms with Crippen molar-refractivity contribution in [3.05, 3.63) is 34.9 Å². The summed E-state index contributed by atoms with van der Waals surface area (Å²) in [6.07, 6.45) is 2.19. The van der Waals surface area contributed by atoms with E-state index in [1.165, 1.54) is 0 Å². The molecule has 0 saturated carbocycles. The second-order valence-corrected chi connectivity index (χ2v) is 5.39. The van der Waals surface area contributed by atoms with Crippen molar-refractivity contribution in [1.82, 2.24) is 5.32 Å². The van der Waals surface area contributed by atoms with Crippen LogP contribution in [0.5, 0.6) is 0 Å². The first kappa shape index (κ1) is 15.6. The molecule has 3 N–H and O–H groups in total. The number of carbonyl (C=O) groups is 1. The SMILES string of the molecule is Cc1cc(C#CCN)cc(C(=O)NCC2CCCOC2)c1. The minimum atomic E-state index is -0.0555. The molecule has 1 aromatic carbocycles. The Labute approximate surface area is 126 Å². The number of nitrogens with one attached hydrogen (secondary N) is 1. The Hall–Kier alpha value is -1.83. The zero-order valence-corrected chi connectivity index (χ0v) is 12.4. The summed E-state index contributed by atoms with van der Waals surface area (Å²) in [5, 5.41) is 2.99. The number of hydrogen-bond acceptors (Lipinski definition) is 3. The number of ether oxygens (including phenoxy) is 1. The summed E-state index contributed by atoms with van der Waals surface area (Å²) in [4.78, 5) is 12.2. The minimum absolute atomic E-state index is 0.0555. The highest BCUT2D eigenvalue weighted by molar-refractivity contribution is 5.94. The molecule has 1 fully saturated rings. The standard InChI is InChI=1S/C17H22N2O2/c1-13-8-14(4-2-6-18)10-16(9-13)17(20)19-11-15-5-3-7-21-12-15/h8-10,15H,3,5-7,11-12,18H2,1H3,(H,19,20). The molecule has 2 rings (SSSR count). The van der Waals surface area contributed by atoms with Gasteiger partial charge in [0, 0.05) is 24.3 Å². The van der Waals surface area contributed by atoms with Crippen molar-refractivity contribution < 1.29 is 9.53 Å². The van der Waals surface area contributed by atoms with Gasteiger partial charge in [-0.3, -0.25) is 4.79 Å². The lowest BCUT2D eigenvalue weighted by Crippen LogP contribution is -2.33. The van der Waals surface area contributed by atoms with Gasteiger partial charge in [0.15, 0.2) is 0 Å². The molecule has 1 aliphatic rings. The minimum Gasteiger partial charge on any atom is -0.381 e. The molecule has 0 aromatic heterocycles. The third-order valence-electron chi connectivity index (χ3n) is 3.48. The van der Waals surface area contributed by atoms with Crippen LogP contribution in [0.1, 0.15) is 34.3 Å². The molecule has 0 radical (unpaired) electrons. The summed E-state index contributed by atoms with van der Waals surface area (Å²) in [5.74, 6) is 6.15. The van der Waals surface area contributed by atoms with E-state index < -0.39 is 0 Å². The van der Waals surface area contributed by atoms with Crippen LogP contribution in [-0.2, 0) is 4.74 Å². The Bertz CT molecular complexity index is 552. The van der Waals surface area contributed by atoms with E-state index in [1.54, 1.807) is 0 Å². The number of hydrogen-bond donors (Lipinski definition) is 2. The molecule has 1 amide bonds. The molecular formula is C17H22N2O2. The van der Waals surface area contributed by atoms with Gasteiger partial charge in [-0.2, -0.15) is 0 Å². The van der Waals surface area contributed by atoms with Crippen LogP contribution >= 0.6 is 0 Å². The van der Waals surface area contributed by atoms with E-state index in [9.17, 15) is 4.79 Å². The molecule has 1 heterocycles. The lowest BCUT2D eigenvalue weighted by molar-refractivity contribution is 0.0536. The zero-order valence-electron chi connectivity index (χ0n) is 12.4. The number of nitrogens with two attached hydrogens (primary N) is 1. The van der Waals surface area contributed by atoms with Gasteiger partial charge in [-0.15, -0.1) is 0 Å². The van der Waals surface area contributed by atoms with Crippen molar-refractivity contribution >= 4 is 5.91 Å². The largest absolute Gasteiger partial charge is 0.381 e. The Morgan fingerprint density at radius 1 is 1.48 bits per heavy atom. The number of aryl methyl sites for hydroxylation is 1. The van der Waals surface area contributed by atoms with Crippen LogP contribution in [0, 0.1) is 24.7 Å². The van der Waals surface area contributed by atoms with Gasteiger partial charge in [0.05, 0.1) is 13.2 Å². The first-order valence-electron chi connectivity index (χ1n) is 7.35. The highest BCUT2D eigenvalue weighted by Gasteiger charge is 2.15. The predicted molar refractivity (Wildman–Crippen MR) is 83.0 cm³/mol. The maximum absolute atomic E-state index is 12.2. The molecule has 1 aromatic rings. The van der Waals surface area contributed by atoms with Crippen molar-refractivity contribution in [3.63, 3.8) is 0 Å². The maximum atomic E-state index is 12.2. The third-order valence-corrected chi connectivity index (χ3v) is 3.48. The Morgan fingerprint density at radius 3 is 3.05 bits per heavy atom. The van der Waals surface area contributed by atoms with Crippen LogP contribution < -0.4 is 11.1 Å². The zero-order chi connectivity index (χ0) is 15.1. The van der Waals surface area contributed by atoms with Crippen molar-refractivity contribution in [2.45, 2.75) is 19.8 Å². The molecular weight excluding hydrogens is 264 g/mol. The summed E-state index contributed by atoms with van der Waals surface area (Å²) in [6, 6.07) is 5.64. The first-order chi connectivity index (χ1) is 10.2. The van der Waals surface area contributed by atoms with Gasteiger partial charge in [0.1, 0.15) is 0 Å². The lowest BCUT2D eigenvalue weighted by Gasteiger charge is -2.22. The number of benzene rings is 1. The molecule has 0 bridgehead atoms. The van der Waals surface area contributed by atoms with Crippen molar-refractivity contribution in [2.75, 3.05) is 26.3 Å². The highest BCUT2D eigenvalue weighted by Crippen LogP contribution is 2.13. The van der Waals surface area contributed by atoms with E-state index in [1.807, 2.05) is 25.1 Å². The second kappa shape index (κ2) is 7.82. The number of amides is 1. The van der Waals surface area contributed by atoms with E-state index in [4.69, 9.17) is 10.5 Å². The predicted octanol–water partition coefficient (Wildman–Crippen LogP) is 1.46. The van der Waals surface area contributed by atoms with E-state index in [0.29, 0.717) is 24.6 Å². The molecule has 1 atom stereocenters.